The first-order valence-electron chi connectivity index (χ1n) is 7.39. The lowest BCUT2D eigenvalue weighted by Gasteiger charge is -2.31. The molecule has 4 nitrogen and oxygen atoms in total. The zero-order chi connectivity index (χ0) is 14.5. The highest BCUT2D eigenvalue weighted by Crippen LogP contribution is 2.24. The van der Waals surface area contributed by atoms with Crippen LogP contribution in [0, 0.1) is 6.92 Å². The lowest BCUT2D eigenvalue weighted by molar-refractivity contribution is 0.00596. The maximum atomic E-state index is 11.4. The van der Waals surface area contributed by atoms with Crippen LogP contribution < -0.4 is 11.1 Å². The monoisotopic (exact) mass is 276 g/mol. The highest BCUT2D eigenvalue weighted by Gasteiger charge is 2.22. The summed E-state index contributed by atoms with van der Waals surface area (Å²) in [6.45, 7) is 4.92. The molecule has 0 aromatic heterocycles. The maximum absolute atomic E-state index is 11.4. The van der Waals surface area contributed by atoms with Crippen LogP contribution in [-0.4, -0.2) is 24.7 Å². The van der Waals surface area contributed by atoms with E-state index in [0.717, 1.165) is 43.5 Å². The van der Waals surface area contributed by atoms with Gasteiger partial charge in [0, 0.05) is 23.9 Å². The number of nitrogens with one attached hydrogen (secondary N) is 1. The third-order valence-corrected chi connectivity index (χ3v) is 3.94. The van der Waals surface area contributed by atoms with E-state index < -0.39 is 0 Å². The highest BCUT2D eigenvalue weighted by molar-refractivity contribution is 5.95. The van der Waals surface area contributed by atoms with E-state index in [0.29, 0.717) is 17.7 Å². The summed E-state index contributed by atoms with van der Waals surface area (Å²) in [7, 11) is 0. The van der Waals surface area contributed by atoms with Gasteiger partial charge in [0.15, 0.2) is 0 Å². The van der Waals surface area contributed by atoms with Gasteiger partial charge in [-0.3, -0.25) is 4.79 Å². The average molecular weight is 276 g/mol. The van der Waals surface area contributed by atoms with Crippen molar-refractivity contribution in [1.82, 2.24) is 0 Å². The van der Waals surface area contributed by atoms with Crippen molar-refractivity contribution in [2.45, 2.75) is 51.7 Å². The molecule has 0 bridgehead atoms. The van der Waals surface area contributed by atoms with Gasteiger partial charge in [0.25, 0.3) is 0 Å². The zero-order valence-electron chi connectivity index (χ0n) is 12.3. The Bertz CT molecular complexity index is 472. The molecule has 1 amide bonds. The molecule has 1 aromatic carbocycles. The first-order chi connectivity index (χ1) is 9.61. The number of benzene rings is 1. The van der Waals surface area contributed by atoms with Crippen molar-refractivity contribution in [3.05, 3.63) is 29.3 Å². The number of carbonyl (C=O) groups excluding carboxylic acids is 1. The third-order valence-electron chi connectivity index (χ3n) is 3.94. The van der Waals surface area contributed by atoms with Crippen LogP contribution >= 0.6 is 0 Å². The van der Waals surface area contributed by atoms with Gasteiger partial charge in [0.1, 0.15) is 0 Å². The Hall–Kier alpha value is -1.55. The molecule has 1 aliphatic heterocycles. The molecular weight excluding hydrogens is 252 g/mol. The van der Waals surface area contributed by atoms with E-state index in [9.17, 15) is 4.79 Å². The van der Waals surface area contributed by atoms with Gasteiger partial charge in [-0.25, -0.2) is 0 Å². The number of rotatable bonds is 5. The molecule has 2 atom stereocenters. The molecule has 2 unspecified atom stereocenters. The third kappa shape index (κ3) is 3.51. The topological polar surface area (TPSA) is 64.3 Å². The van der Waals surface area contributed by atoms with Gasteiger partial charge in [-0.2, -0.15) is 0 Å². The maximum Gasteiger partial charge on any atom is 0.249 e. The van der Waals surface area contributed by atoms with Crippen LogP contribution in [0.2, 0.25) is 0 Å². The van der Waals surface area contributed by atoms with Crippen LogP contribution in [0.3, 0.4) is 0 Å². The highest BCUT2D eigenvalue weighted by atomic mass is 16.5. The summed E-state index contributed by atoms with van der Waals surface area (Å²) in [6.07, 6.45) is 4.63. The van der Waals surface area contributed by atoms with Gasteiger partial charge < -0.3 is 15.8 Å². The molecule has 0 aliphatic carbocycles. The average Bonchev–Trinajstić information content (AvgIpc) is 2.42. The van der Waals surface area contributed by atoms with Gasteiger partial charge >= 0.3 is 0 Å². The van der Waals surface area contributed by atoms with Crippen molar-refractivity contribution in [3.63, 3.8) is 0 Å². The van der Waals surface area contributed by atoms with Crippen molar-refractivity contribution in [3.8, 4) is 0 Å². The molecule has 2 rings (SSSR count). The van der Waals surface area contributed by atoms with Crippen molar-refractivity contribution >= 4 is 11.6 Å². The molecule has 0 saturated carbocycles. The van der Waals surface area contributed by atoms with Crippen LogP contribution in [0.15, 0.2) is 18.2 Å². The Morgan fingerprint density at radius 2 is 2.30 bits per heavy atom. The van der Waals surface area contributed by atoms with Crippen molar-refractivity contribution in [2.24, 2.45) is 5.73 Å². The molecule has 1 saturated heterocycles. The van der Waals surface area contributed by atoms with E-state index in [2.05, 4.69) is 12.2 Å². The normalized spacial score (nSPS) is 22.5. The van der Waals surface area contributed by atoms with Crippen molar-refractivity contribution in [1.29, 1.82) is 0 Å². The van der Waals surface area contributed by atoms with E-state index >= 15 is 0 Å². The summed E-state index contributed by atoms with van der Waals surface area (Å²) in [5, 5.41) is 3.55. The molecule has 1 heterocycles. The SMILES string of the molecule is CCCC1CC(Nc2cccc(C(N)=O)c2C)CCO1. The van der Waals surface area contributed by atoms with E-state index in [-0.39, 0.29) is 5.91 Å². The Morgan fingerprint density at radius 1 is 1.50 bits per heavy atom. The van der Waals surface area contributed by atoms with Crippen LogP contribution in [0.25, 0.3) is 0 Å². The fourth-order valence-electron chi connectivity index (χ4n) is 2.81. The van der Waals surface area contributed by atoms with Gasteiger partial charge in [0.05, 0.1) is 6.10 Å². The van der Waals surface area contributed by atoms with Crippen LogP contribution in [-0.2, 0) is 4.74 Å². The van der Waals surface area contributed by atoms with Gasteiger partial charge in [-0.05, 0) is 43.9 Å². The number of hydrogen-bond acceptors (Lipinski definition) is 3. The lowest BCUT2D eigenvalue weighted by atomic mass is 9.98. The second-order valence-corrected chi connectivity index (χ2v) is 5.49. The van der Waals surface area contributed by atoms with E-state index in [1.54, 1.807) is 6.07 Å². The minimum absolute atomic E-state index is 0.353. The molecular formula is C16H24N2O2. The largest absolute Gasteiger partial charge is 0.382 e. The Labute approximate surface area is 120 Å². The summed E-state index contributed by atoms with van der Waals surface area (Å²) >= 11 is 0. The predicted octanol–water partition coefficient (Wildman–Crippen LogP) is 2.85. The number of amides is 1. The second kappa shape index (κ2) is 6.75. The molecule has 20 heavy (non-hydrogen) atoms. The molecule has 110 valence electrons. The molecule has 1 aromatic rings. The summed E-state index contributed by atoms with van der Waals surface area (Å²) in [5.41, 5.74) is 7.91. The summed E-state index contributed by atoms with van der Waals surface area (Å²) in [6, 6.07) is 6.05. The summed E-state index contributed by atoms with van der Waals surface area (Å²) < 4.78 is 5.76. The Balaban J connectivity index is 2.06. The van der Waals surface area contributed by atoms with Crippen molar-refractivity contribution < 1.29 is 9.53 Å². The number of carbonyl (C=O) groups is 1. The fourth-order valence-corrected chi connectivity index (χ4v) is 2.81. The van der Waals surface area contributed by atoms with Crippen LogP contribution in [0.5, 0.6) is 0 Å². The smallest absolute Gasteiger partial charge is 0.249 e. The molecule has 4 heteroatoms. The molecule has 0 spiro atoms. The van der Waals surface area contributed by atoms with E-state index in [1.807, 2.05) is 19.1 Å². The quantitative estimate of drug-likeness (QED) is 0.869. The standard InChI is InChI=1S/C16H24N2O2/c1-3-5-13-10-12(8-9-20-13)18-15-7-4-6-14(11(15)2)16(17)19/h4,6-7,12-13,18H,3,5,8-10H2,1-2H3,(H2,17,19). The number of primary amides is 1. The molecule has 3 N–H and O–H groups in total. The van der Waals surface area contributed by atoms with E-state index in [1.165, 1.54) is 0 Å². The van der Waals surface area contributed by atoms with Gasteiger partial charge in [-0.1, -0.05) is 19.4 Å². The number of ether oxygens (including phenoxy) is 1. The van der Waals surface area contributed by atoms with Crippen LogP contribution in [0.1, 0.15) is 48.5 Å². The zero-order valence-corrected chi connectivity index (χ0v) is 12.3. The summed E-state index contributed by atoms with van der Waals surface area (Å²) in [4.78, 5) is 11.4. The Kier molecular flexibility index (Phi) is 5.01. The Morgan fingerprint density at radius 3 is 3.00 bits per heavy atom. The fraction of sp³-hybridized carbons (Fsp3) is 0.562. The minimum Gasteiger partial charge on any atom is -0.382 e. The van der Waals surface area contributed by atoms with Gasteiger partial charge in [-0.15, -0.1) is 0 Å². The van der Waals surface area contributed by atoms with Gasteiger partial charge in [0.2, 0.25) is 5.91 Å². The second-order valence-electron chi connectivity index (χ2n) is 5.49. The van der Waals surface area contributed by atoms with Crippen molar-refractivity contribution in [2.75, 3.05) is 11.9 Å². The number of hydrogen-bond donors (Lipinski definition) is 2. The first kappa shape index (κ1) is 14.9. The lowest BCUT2D eigenvalue weighted by Crippen LogP contribution is -2.34. The number of nitrogens with two attached hydrogens (primary N) is 1. The van der Waals surface area contributed by atoms with Crippen LogP contribution in [0.4, 0.5) is 5.69 Å². The summed E-state index contributed by atoms with van der Waals surface area (Å²) in [5.74, 6) is -0.373. The molecule has 0 radical (unpaired) electrons. The minimum atomic E-state index is -0.373. The predicted molar refractivity (Wildman–Crippen MR) is 81.0 cm³/mol. The first-order valence-corrected chi connectivity index (χ1v) is 7.39. The number of anilines is 1. The molecule has 1 fully saturated rings. The van der Waals surface area contributed by atoms with E-state index in [4.69, 9.17) is 10.5 Å². The molecule has 1 aliphatic rings.